The molecule has 0 saturated carbocycles. The van der Waals surface area contributed by atoms with E-state index in [1.165, 1.54) is 23.5 Å². The lowest BCUT2D eigenvalue weighted by Crippen LogP contribution is -1.99. The average Bonchev–Trinajstić information content (AvgIpc) is 2.74. The minimum absolute atomic E-state index is 0.145. The Labute approximate surface area is 115 Å². The van der Waals surface area contributed by atoms with E-state index >= 15 is 0 Å². The number of rotatable bonds is 3. The van der Waals surface area contributed by atoms with Crippen molar-refractivity contribution in [2.24, 2.45) is 5.10 Å². The number of halogens is 3. The lowest BCUT2D eigenvalue weighted by Gasteiger charge is -2.03. The number of hydrogen-bond donors (Lipinski definition) is 1. The molecule has 2 nitrogen and oxygen atoms in total. The van der Waals surface area contributed by atoms with Gasteiger partial charge in [0.15, 0.2) is 5.82 Å². The Bertz CT molecular complexity index is 596. The molecule has 94 valence electrons. The molecular formula is C12H9BrF2N2S. The molecule has 0 radical (unpaired) electrons. The maximum Gasteiger partial charge on any atom is 0.151 e. The van der Waals surface area contributed by atoms with E-state index in [-0.39, 0.29) is 5.69 Å². The Hall–Kier alpha value is -1.27. The molecule has 0 aliphatic heterocycles. The molecule has 6 heteroatoms. The predicted molar refractivity (Wildman–Crippen MR) is 74.2 cm³/mol. The van der Waals surface area contributed by atoms with E-state index in [0.29, 0.717) is 0 Å². The number of nitrogens with one attached hydrogen (secondary N) is 1. The van der Waals surface area contributed by atoms with Crippen molar-refractivity contribution in [1.29, 1.82) is 0 Å². The van der Waals surface area contributed by atoms with Gasteiger partial charge in [0.1, 0.15) is 5.82 Å². The van der Waals surface area contributed by atoms with Crippen LogP contribution in [0.4, 0.5) is 14.5 Å². The number of hydrazone groups is 1. The van der Waals surface area contributed by atoms with Crippen LogP contribution in [0.3, 0.4) is 0 Å². The third-order valence-corrected chi connectivity index (χ3v) is 3.94. The molecule has 18 heavy (non-hydrogen) atoms. The first-order chi connectivity index (χ1) is 8.56. The predicted octanol–water partition coefficient (Wildman–Crippen LogP) is 4.62. The van der Waals surface area contributed by atoms with E-state index in [0.717, 1.165) is 20.4 Å². The van der Waals surface area contributed by atoms with Crippen molar-refractivity contribution >= 4 is 38.7 Å². The monoisotopic (exact) mass is 330 g/mol. The summed E-state index contributed by atoms with van der Waals surface area (Å²) in [7, 11) is 0. The maximum atomic E-state index is 13.3. The van der Waals surface area contributed by atoms with Crippen LogP contribution in [0.25, 0.3) is 0 Å². The second kappa shape index (κ2) is 5.58. The summed E-state index contributed by atoms with van der Waals surface area (Å²) >= 11 is 4.89. The zero-order chi connectivity index (χ0) is 13.1. The van der Waals surface area contributed by atoms with E-state index in [9.17, 15) is 8.78 Å². The van der Waals surface area contributed by atoms with Crippen LogP contribution in [0.15, 0.2) is 39.2 Å². The van der Waals surface area contributed by atoms with Gasteiger partial charge in [-0.3, -0.25) is 5.43 Å². The van der Waals surface area contributed by atoms with Crippen molar-refractivity contribution in [2.75, 3.05) is 5.43 Å². The lowest BCUT2D eigenvalue weighted by atomic mass is 10.3. The molecular weight excluding hydrogens is 322 g/mol. The molecule has 2 aromatic rings. The molecule has 0 amide bonds. The number of nitrogens with zero attached hydrogens (tertiary/aromatic N) is 1. The topological polar surface area (TPSA) is 24.4 Å². The number of anilines is 1. The quantitative estimate of drug-likeness (QED) is 0.644. The van der Waals surface area contributed by atoms with Gasteiger partial charge in [-0.2, -0.15) is 5.10 Å². The molecule has 0 bridgehead atoms. The molecule has 0 unspecified atom stereocenters. The fraction of sp³-hybridized carbons (Fsp3) is 0.0833. The molecule has 1 aromatic heterocycles. The molecule has 2 rings (SSSR count). The van der Waals surface area contributed by atoms with Gasteiger partial charge in [0.05, 0.1) is 20.1 Å². The van der Waals surface area contributed by atoms with Gasteiger partial charge in [0.2, 0.25) is 0 Å². The second-order valence-electron chi connectivity index (χ2n) is 3.54. The number of thiophene rings is 1. The Kier molecular flexibility index (Phi) is 4.08. The van der Waals surface area contributed by atoms with E-state index in [1.54, 1.807) is 0 Å². The highest BCUT2D eigenvalue weighted by Gasteiger charge is 2.04. The van der Waals surface area contributed by atoms with Crippen molar-refractivity contribution in [3.8, 4) is 0 Å². The normalized spacial score (nSPS) is 11.7. The van der Waals surface area contributed by atoms with Gasteiger partial charge in [0.25, 0.3) is 0 Å². The Morgan fingerprint density at radius 1 is 1.28 bits per heavy atom. The van der Waals surface area contributed by atoms with Gasteiger partial charge in [-0.1, -0.05) is 0 Å². The summed E-state index contributed by atoms with van der Waals surface area (Å²) in [4.78, 5) is 0.969. The number of benzene rings is 1. The van der Waals surface area contributed by atoms with Crippen LogP contribution in [-0.2, 0) is 0 Å². The molecule has 1 aromatic carbocycles. The minimum Gasteiger partial charge on any atom is -0.275 e. The zero-order valence-corrected chi connectivity index (χ0v) is 11.8. The Balaban J connectivity index is 2.15. The van der Waals surface area contributed by atoms with Crippen molar-refractivity contribution in [1.82, 2.24) is 0 Å². The summed E-state index contributed by atoms with van der Waals surface area (Å²) in [5.41, 5.74) is 3.46. The smallest absolute Gasteiger partial charge is 0.151 e. The van der Waals surface area contributed by atoms with Crippen LogP contribution in [-0.4, -0.2) is 5.71 Å². The highest BCUT2D eigenvalue weighted by molar-refractivity contribution is 9.11. The van der Waals surface area contributed by atoms with E-state index in [2.05, 4.69) is 26.5 Å². The van der Waals surface area contributed by atoms with Gasteiger partial charge in [-0.05, 0) is 47.1 Å². The summed E-state index contributed by atoms with van der Waals surface area (Å²) in [6.45, 7) is 1.81. The molecule has 0 atom stereocenters. The van der Waals surface area contributed by atoms with Crippen molar-refractivity contribution in [2.45, 2.75) is 6.92 Å². The maximum absolute atomic E-state index is 13.3. The summed E-state index contributed by atoms with van der Waals surface area (Å²) in [6.07, 6.45) is 0. The molecule has 0 saturated heterocycles. The molecule has 0 aliphatic carbocycles. The van der Waals surface area contributed by atoms with E-state index in [4.69, 9.17) is 0 Å². The van der Waals surface area contributed by atoms with Crippen LogP contribution in [0.5, 0.6) is 0 Å². The molecule has 0 spiro atoms. The van der Waals surface area contributed by atoms with Gasteiger partial charge in [0, 0.05) is 6.07 Å². The standard InChI is InChI=1S/C12H9BrF2N2S/c1-7(11-4-5-12(13)18-11)16-17-10-3-2-8(14)6-9(10)15/h2-6,17H,1H3/b16-7+. The molecule has 0 fully saturated rings. The summed E-state index contributed by atoms with van der Waals surface area (Å²) < 4.78 is 27.0. The first-order valence-electron chi connectivity index (χ1n) is 5.07. The second-order valence-corrected chi connectivity index (χ2v) is 6.00. The largest absolute Gasteiger partial charge is 0.275 e. The summed E-state index contributed by atoms with van der Waals surface area (Å²) in [6, 6.07) is 7.13. The molecule has 1 N–H and O–H groups in total. The van der Waals surface area contributed by atoms with Crippen molar-refractivity contribution in [3.05, 3.63) is 50.6 Å². The van der Waals surface area contributed by atoms with Crippen LogP contribution in [0.1, 0.15) is 11.8 Å². The number of hydrogen-bond acceptors (Lipinski definition) is 3. The fourth-order valence-corrected chi connectivity index (χ4v) is 2.62. The SMILES string of the molecule is C/C(=N\Nc1ccc(F)cc1F)c1ccc(Br)s1. The van der Waals surface area contributed by atoms with Crippen molar-refractivity contribution < 1.29 is 8.78 Å². The Morgan fingerprint density at radius 3 is 2.67 bits per heavy atom. The van der Waals surface area contributed by atoms with Crippen LogP contribution in [0, 0.1) is 11.6 Å². The van der Waals surface area contributed by atoms with Gasteiger partial charge in [-0.15, -0.1) is 11.3 Å². The van der Waals surface area contributed by atoms with E-state index in [1.807, 2.05) is 19.1 Å². The van der Waals surface area contributed by atoms with Gasteiger partial charge >= 0.3 is 0 Å². The highest BCUT2D eigenvalue weighted by atomic mass is 79.9. The molecule has 1 heterocycles. The van der Waals surface area contributed by atoms with Crippen LogP contribution in [0.2, 0.25) is 0 Å². The fourth-order valence-electron chi connectivity index (χ4n) is 1.29. The summed E-state index contributed by atoms with van der Waals surface area (Å²) in [5, 5.41) is 4.06. The minimum atomic E-state index is -0.668. The highest BCUT2D eigenvalue weighted by Crippen LogP contribution is 2.23. The zero-order valence-electron chi connectivity index (χ0n) is 9.38. The summed E-state index contributed by atoms with van der Waals surface area (Å²) in [5.74, 6) is -1.28. The third kappa shape index (κ3) is 3.14. The van der Waals surface area contributed by atoms with Gasteiger partial charge in [-0.25, -0.2) is 8.78 Å². The molecule has 0 aliphatic rings. The van der Waals surface area contributed by atoms with E-state index < -0.39 is 11.6 Å². The van der Waals surface area contributed by atoms with Crippen LogP contribution < -0.4 is 5.43 Å². The third-order valence-electron chi connectivity index (χ3n) is 2.20. The van der Waals surface area contributed by atoms with Crippen LogP contribution >= 0.6 is 27.3 Å². The first-order valence-corrected chi connectivity index (χ1v) is 6.68. The van der Waals surface area contributed by atoms with Crippen molar-refractivity contribution in [3.63, 3.8) is 0 Å². The first kappa shape index (κ1) is 13.2. The lowest BCUT2D eigenvalue weighted by molar-refractivity contribution is 0.585. The average molecular weight is 331 g/mol. The Morgan fingerprint density at radius 2 is 2.06 bits per heavy atom. The van der Waals surface area contributed by atoms with Gasteiger partial charge < -0.3 is 0 Å².